The van der Waals surface area contributed by atoms with Crippen molar-refractivity contribution in [2.75, 3.05) is 13.1 Å². The van der Waals surface area contributed by atoms with Crippen LogP contribution in [0.2, 0.25) is 5.02 Å². The molecule has 0 unspecified atom stereocenters. The van der Waals surface area contributed by atoms with Gasteiger partial charge < -0.3 is 5.11 Å². The van der Waals surface area contributed by atoms with Gasteiger partial charge in [-0.2, -0.15) is 5.10 Å². The second kappa shape index (κ2) is 9.17. The molecule has 1 heterocycles. The van der Waals surface area contributed by atoms with Crippen molar-refractivity contribution in [3.63, 3.8) is 0 Å². The van der Waals surface area contributed by atoms with Crippen LogP contribution in [0.4, 0.5) is 4.39 Å². The fourth-order valence-electron chi connectivity index (χ4n) is 3.24. The molecule has 1 amide bonds. The highest BCUT2D eigenvalue weighted by Crippen LogP contribution is 2.23. The summed E-state index contributed by atoms with van der Waals surface area (Å²) in [6.45, 7) is 3.99. The van der Waals surface area contributed by atoms with Crippen molar-refractivity contribution in [3.05, 3.63) is 64.4 Å². The second-order valence-electron chi connectivity index (χ2n) is 7.01. The molecule has 2 N–H and O–H groups in total. The number of nitrogens with zero attached hydrogens (tertiary/aromatic N) is 2. The highest BCUT2D eigenvalue weighted by molar-refractivity contribution is 6.31. The highest BCUT2D eigenvalue weighted by atomic mass is 35.5. The van der Waals surface area contributed by atoms with Gasteiger partial charge in [0.05, 0.1) is 5.71 Å². The molecule has 1 aliphatic rings. The van der Waals surface area contributed by atoms with Crippen LogP contribution in [-0.2, 0) is 11.3 Å². The Balaban J connectivity index is 1.49. The maximum absolute atomic E-state index is 13.2. The SMILES string of the molecule is C/C(=N\NC(=O)C1CCN(Cc2ccc(F)cc2Cl)CC1)c1ccc(O)cc1. The first-order chi connectivity index (χ1) is 13.4. The van der Waals surface area contributed by atoms with Crippen molar-refractivity contribution in [1.29, 1.82) is 0 Å². The van der Waals surface area contributed by atoms with Gasteiger partial charge in [-0.25, -0.2) is 9.82 Å². The highest BCUT2D eigenvalue weighted by Gasteiger charge is 2.25. The summed E-state index contributed by atoms with van der Waals surface area (Å²) in [4.78, 5) is 14.6. The number of likely N-dealkylation sites (tertiary alicyclic amines) is 1. The Morgan fingerprint density at radius 3 is 2.57 bits per heavy atom. The first-order valence-electron chi connectivity index (χ1n) is 9.22. The standard InChI is InChI=1S/C21H23ClFN3O2/c1-14(15-3-6-19(27)7-4-15)24-25-21(28)16-8-10-26(11-9-16)13-17-2-5-18(23)12-20(17)22/h2-7,12,16,27H,8-11,13H2,1H3,(H,25,28)/b24-14+. The molecule has 1 aliphatic heterocycles. The number of phenolic OH excluding ortho intramolecular Hbond substituents is 1. The fraction of sp³-hybridized carbons (Fsp3) is 0.333. The van der Waals surface area contributed by atoms with Gasteiger partial charge in [0, 0.05) is 17.5 Å². The van der Waals surface area contributed by atoms with Crippen molar-refractivity contribution in [3.8, 4) is 5.75 Å². The maximum Gasteiger partial charge on any atom is 0.243 e. The molecule has 0 radical (unpaired) electrons. The summed E-state index contributed by atoms with van der Waals surface area (Å²) in [5, 5.41) is 13.9. The monoisotopic (exact) mass is 403 g/mol. The van der Waals surface area contributed by atoms with E-state index in [0.717, 1.165) is 37.1 Å². The van der Waals surface area contributed by atoms with Gasteiger partial charge >= 0.3 is 0 Å². The molecule has 0 aromatic heterocycles. The van der Waals surface area contributed by atoms with Crippen LogP contribution in [0, 0.1) is 11.7 Å². The smallest absolute Gasteiger partial charge is 0.243 e. The number of nitrogens with one attached hydrogen (secondary N) is 1. The summed E-state index contributed by atoms with van der Waals surface area (Å²) in [6.07, 6.45) is 1.47. The molecule has 148 valence electrons. The molecule has 0 saturated carbocycles. The van der Waals surface area contributed by atoms with Gasteiger partial charge in [-0.15, -0.1) is 0 Å². The van der Waals surface area contributed by atoms with E-state index in [1.54, 1.807) is 30.3 Å². The fourth-order valence-corrected chi connectivity index (χ4v) is 3.47. The second-order valence-corrected chi connectivity index (χ2v) is 7.41. The van der Waals surface area contributed by atoms with E-state index in [2.05, 4.69) is 15.4 Å². The normalized spacial score (nSPS) is 16.2. The number of halogens is 2. The van der Waals surface area contributed by atoms with Crippen molar-refractivity contribution in [1.82, 2.24) is 10.3 Å². The molecule has 1 fully saturated rings. The lowest BCUT2D eigenvalue weighted by Gasteiger charge is -2.31. The Hall–Kier alpha value is -2.44. The molecule has 28 heavy (non-hydrogen) atoms. The third kappa shape index (κ3) is 5.30. The summed E-state index contributed by atoms with van der Waals surface area (Å²) >= 11 is 6.10. The number of hydrazone groups is 1. The Morgan fingerprint density at radius 1 is 1.25 bits per heavy atom. The number of carbonyl (C=O) groups excluding carboxylic acids is 1. The van der Waals surface area contributed by atoms with Crippen molar-refractivity contribution in [2.24, 2.45) is 11.0 Å². The van der Waals surface area contributed by atoms with Gasteiger partial charge in [-0.05, 0) is 80.4 Å². The summed E-state index contributed by atoms with van der Waals surface area (Å²) in [7, 11) is 0. The minimum atomic E-state index is -0.340. The quantitative estimate of drug-likeness (QED) is 0.587. The minimum Gasteiger partial charge on any atom is -0.508 e. The van der Waals surface area contributed by atoms with E-state index < -0.39 is 0 Å². The number of phenols is 1. The molecule has 7 heteroatoms. The third-order valence-electron chi connectivity index (χ3n) is 4.99. The van der Waals surface area contributed by atoms with Crippen molar-refractivity contribution < 1.29 is 14.3 Å². The van der Waals surface area contributed by atoms with Crippen LogP contribution in [-0.4, -0.2) is 34.7 Å². The van der Waals surface area contributed by atoms with E-state index in [1.807, 2.05) is 6.92 Å². The number of aromatic hydroxyl groups is 1. The molecule has 5 nitrogen and oxygen atoms in total. The maximum atomic E-state index is 13.2. The molecule has 3 rings (SSSR count). The van der Waals surface area contributed by atoms with Crippen LogP contribution in [0.5, 0.6) is 5.75 Å². The van der Waals surface area contributed by atoms with Crippen molar-refractivity contribution in [2.45, 2.75) is 26.3 Å². The molecule has 0 atom stereocenters. The molecular weight excluding hydrogens is 381 g/mol. The van der Waals surface area contributed by atoms with Crippen LogP contribution in [0.25, 0.3) is 0 Å². The van der Waals surface area contributed by atoms with Gasteiger partial charge in [0.1, 0.15) is 11.6 Å². The average Bonchev–Trinajstić information content (AvgIpc) is 2.69. The first-order valence-corrected chi connectivity index (χ1v) is 9.60. The summed E-state index contributed by atoms with van der Waals surface area (Å²) in [6, 6.07) is 11.1. The van der Waals surface area contributed by atoms with Crippen LogP contribution < -0.4 is 5.43 Å². The van der Waals surface area contributed by atoms with Gasteiger partial charge in [-0.3, -0.25) is 9.69 Å². The summed E-state index contributed by atoms with van der Waals surface area (Å²) in [5.74, 6) is -0.324. The molecule has 2 aromatic rings. The first kappa shape index (κ1) is 20.3. The number of carbonyl (C=O) groups is 1. The average molecular weight is 404 g/mol. The number of rotatable bonds is 5. The minimum absolute atomic E-state index is 0.0856. The largest absolute Gasteiger partial charge is 0.508 e. The number of benzene rings is 2. The zero-order valence-electron chi connectivity index (χ0n) is 15.7. The van der Waals surface area contributed by atoms with E-state index in [1.165, 1.54) is 12.1 Å². The Bertz CT molecular complexity index is 862. The number of hydrogen-bond donors (Lipinski definition) is 2. The Morgan fingerprint density at radius 2 is 1.93 bits per heavy atom. The summed E-state index contributed by atoms with van der Waals surface area (Å²) < 4.78 is 13.2. The van der Waals surface area contributed by atoms with E-state index in [9.17, 15) is 14.3 Å². The topological polar surface area (TPSA) is 64.9 Å². The predicted molar refractivity (Wildman–Crippen MR) is 108 cm³/mol. The molecule has 0 bridgehead atoms. The number of amides is 1. The van der Waals surface area contributed by atoms with E-state index in [-0.39, 0.29) is 23.4 Å². The number of hydrogen-bond acceptors (Lipinski definition) is 4. The lowest BCUT2D eigenvalue weighted by molar-refractivity contribution is -0.126. The summed E-state index contributed by atoms with van der Waals surface area (Å²) in [5.41, 5.74) is 5.05. The zero-order valence-corrected chi connectivity index (χ0v) is 16.4. The predicted octanol–water partition coefficient (Wildman–Crippen LogP) is 3.94. The van der Waals surface area contributed by atoms with E-state index in [4.69, 9.17) is 11.6 Å². The van der Waals surface area contributed by atoms with Gasteiger partial charge in [-0.1, -0.05) is 17.7 Å². The lowest BCUT2D eigenvalue weighted by Crippen LogP contribution is -2.39. The molecular formula is C21H23ClFN3O2. The molecule has 0 spiro atoms. The van der Waals surface area contributed by atoms with Gasteiger partial charge in [0.15, 0.2) is 0 Å². The van der Waals surface area contributed by atoms with Crippen LogP contribution in [0.3, 0.4) is 0 Å². The van der Waals surface area contributed by atoms with Gasteiger partial charge in [0.25, 0.3) is 0 Å². The van der Waals surface area contributed by atoms with Crippen LogP contribution >= 0.6 is 11.6 Å². The molecule has 2 aromatic carbocycles. The van der Waals surface area contributed by atoms with Crippen LogP contribution in [0.15, 0.2) is 47.6 Å². The van der Waals surface area contributed by atoms with E-state index in [0.29, 0.717) is 17.3 Å². The van der Waals surface area contributed by atoms with Crippen LogP contribution in [0.1, 0.15) is 30.9 Å². The number of piperidine rings is 1. The zero-order chi connectivity index (χ0) is 20.1. The Kier molecular flexibility index (Phi) is 6.65. The van der Waals surface area contributed by atoms with Gasteiger partial charge in [0.2, 0.25) is 5.91 Å². The molecule has 1 saturated heterocycles. The van der Waals surface area contributed by atoms with Crippen molar-refractivity contribution >= 4 is 23.2 Å². The molecule has 0 aliphatic carbocycles. The van der Waals surface area contributed by atoms with E-state index >= 15 is 0 Å². The third-order valence-corrected chi connectivity index (χ3v) is 5.34. The lowest BCUT2D eigenvalue weighted by atomic mass is 9.96. The Labute approximate surface area is 168 Å².